The Morgan fingerprint density at radius 2 is 2.26 bits per heavy atom. The molecule has 1 saturated carbocycles. The minimum Gasteiger partial charge on any atom is -0.493 e. The molecule has 0 aromatic heterocycles. The van der Waals surface area contributed by atoms with E-state index in [0.717, 1.165) is 6.54 Å². The molecule has 1 aromatic carbocycles. The molecule has 0 spiro atoms. The quantitative estimate of drug-likeness (QED) is 0.800. The van der Waals surface area contributed by atoms with Crippen molar-refractivity contribution >= 4 is 17.5 Å². The molecule has 4 heteroatoms. The second-order valence-electron chi connectivity index (χ2n) is 5.13. The van der Waals surface area contributed by atoms with Gasteiger partial charge in [-0.1, -0.05) is 24.1 Å². The second-order valence-corrected chi connectivity index (χ2v) is 5.56. The van der Waals surface area contributed by atoms with Crippen molar-refractivity contribution in [3.8, 4) is 5.75 Å². The molecule has 0 unspecified atom stereocenters. The van der Waals surface area contributed by atoms with Crippen LogP contribution in [-0.4, -0.2) is 31.0 Å². The first kappa shape index (κ1) is 14.2. The van der Waals surface area contributed by atoms with Crippen LogP contribution in [0, 0.1) is 5.92 Å². The van der Waals surface area contributed by atoms with E-state index in [2.05, 4.69) is 0 Å². The third kappa shape index (κ3) is 4.43. The van der Waals surface area contributed by atoms with Gasteiger partial charge in [0, 0.05) is 18.6 Å². The smallest absolute Gasteiger partial charge is 0.225 e. The molecule has 104 valence electrons. The normalized spacial score (nSPS) is 14.8. The van der Waals surface area contributed by atoms with Gasteiger partial charge in [-0.3, -0.25) is 4.79 Å². The highest BCUT2D eigenvalue weighted by molar-refractivity contribution is 6.30. The van der Waals surface area contributed by atoms with E-state index in [1.165, 1.54) is 19.3 Å². The Bertz CT molecular complexity index is 432. The summed E-state index contributed by atoms with van der Waals surface area (Å²) in [7, 11) is 1.88. The van der Waals surface area contributed by atoms with Crippen LogP contribution in [0.25, 0.3) is 0 Å². The monoisotopic (exact) mass is 281 g/mol. The molecule has 2 rings (SSSR count). The van der Waals surface area contributed by atoms with Gasteiger partial charge in [0.2, 0.25) is 5.91 Å². The second kappa shape index (κ2) is 6.80. The summed E-state index contributed by atoms with van der Waals surface area (Å²) in [6.45, 7) is 1.28. The average molecular weight is 282 g/mol. The lowest BCUT2D eigenvalue weighted by Crippen LogP contribution is -2.34. The highest BCUT2D eigenvalue weighted by Gasteiger charge is 2.21. The van der Waals surface area contributed by atoms with Gasteiger partial charge in [0.15, 0.2) is 0 Å². The Labute approximate surface area is 119 Å². The van der Waals surface area contributed by atoms with Crippen molar-refractivity contribution in [1.82, 2.24) is 4.90 Å². The molecule has 1 aromatic rings. The van der Waals surface area contributed by atoms with Crippen LogP contribution in [0.4, 0.5) is 0 Å². The van der Waals surface area contributed by atoms with Crippen LogP contribution in [0.1, 0.15) is 25.7 Å². The number of benzene rings is 1. The number of carbonyl (C=O) groups excluding carboxylic acids is 1. The fraction of sp³-hybridized carbons (Fsp3) is 0.533. The molecule has 0 N–H and O–H groups in total. The van der Waals surface area contributed by atoms with Crippen LogP contribution in [0.15, 0.2) is 24.3 Å². The van der Waals surface area contributed by atoms with Gasteiger partial charge < -0.3 is 9.64 Å². The van der Waals surface area contributed by atoms with Crippen LogP contribution in [0.2, 0.25) is 5.02 Å². The minimum absolute atomic E-state index is 0.147. The molecule has 0 atom stereocenters. The van der Waals surface area contributed by atoms with Crippen LogP contribution in [0.3, 0.4) is 0 Å². The van der Waals surface area contributed by atoms with Gasteiger partial charge in [-0.25, -0.2) is 0 Å². The molecular weight excluding hydrogens is 262 g/mol. The number of carbonyl (C=O) groups is 1. The van der Waals surface area contributed by atoms with E-state index in [0.29, 0.717) is 29.7 Å². The number of rotatable bonds is 6. The molecule has 3 nitrogen and oxygen atoms in total. The number of nitrogens with zero attached hydrogens (tertiary/aromatic N) is 1. The Hall–Kier alpha value is -1.22. The molecule has 1 amide bonds. The summed E-state index contributed by atoms with van der Waals surface area (Å²) >= 11 is 5.86. The van der Waals surface area contributed by atoms with Crippen LogP contribution in [-0.2, 0) is 4.79 Å². The lowest BCUT2D eigenvalue weighted by molar-refractivity contribution is -0.131. The summed E-state index contributed by atoms with van der Waals surface area (Å²) in [5.74, 6) is 1.57. The van der Waals surface area contributed by atoms with Crippen molar-refractivity contribution in [3.05, 3.63) is 29.3 Å². The van der Waals surface area contributed by atoms with Crippen molar-refractivity contribution < 1.29 is 9.53 Å². The van der Waals surface area contributed by atoms with Crippen LogP contribution < -0.4 is 4.74 Å². The predicted octanol–water partition coefficient (Wildman–Crippen LogP) is 3.37. The van der Waals surface area contributed by atoms with Gasteiger partial charge in [-0.15, -0.1) is 0 Å². The zero-order chi connectivity index (χ0) is 13.7. The maximum atomic E-state index is 11.9. The number of hydrogen-bond acceptors (Lipinski definition) is 2. The van der Waals surface area contributed by atoms with E-state index >= 15 is 0 Å². The molecule has 19 heavy (non-hydrogen) atoms. The maximum absolute atomic E-state index is 11.9. The highest BCUT2D eigenvalue weighted by atomic mass is 35.5. The maximum Gasteiger partial charge on any atom is 0.225 e. The first-order valence-corrected chi connectivity index (χ1v) is 7.15. The predicted molar refractivity (Wildman–Crippen MR) is 76.5 cm³/mol. The summed E-state index contributed by atoms with van der Waals surface area (Å²) in [4.78, 5) is 13.7. The van der Waals surface area contributed by atoms with Crippen molar-refractivity contribution in [1.29, 1.82) is 0 Å². The molecular formula is C15H20ClNO2. The summed E-state index contributed by atoms with van der Waals surface area (Å²) in [5, 5.41) is 0.644. The molecule has 1 aliphatic carbocycles. The first-order chi connectivity index (χ1) is 9.15. The Morgan fingerprint density at radius 3 is 2.89 bits per heavy atom. The average Bonchev–Trinajstić information content (AvgIpc) is 2.33. The fourth-order valence-electron chi connectivity index (χ4n) is 2.17. The largest absolute Gasteiger partial charge is 0.493 e. The van der Waals surface area contributed by atoms with E-state index in [9.17, 15) is 4.79 Å². The van der Waals surface area contributed by atoms with E-state index in [4.69, 9.17) is 16.3 Å². The minimum atomic E-state index is 0.147. The van der Waals surface area contributed by atoms with E-state index in [1.807, 2.05) is 24.1 Å². The van der Waals surface area contributed by atoms with E-state index in [1.54, 1.807) is 12.1 Å². The van der Waals surface area contributed by atoms with E-state index < -0.39 is 0 Å². The molecule has 0 bridgehead atoms. The van der Waals surface area contributed by atoms with Crippen molar-refractivity contribution in [2.24, 2.45) is 5.92 Å². The summed E-state index contributed by atoms with van der Waals surface area (Å²) < 4.78 is 5.52. The van der Waals surface area contributed by atoms with Crippen molar-refractivity contribution in [3.63, 3.8) is 0 Å². The van der Waals surface area contributed by atoms with Gasteiger partial charge in [0.05, 0.1) is 13.0 Å². The van der Waals surface area contributed by atoms with Crippen molar-refractivity contribution in [2.75, 3.05) is 20.2 Å². The Balaban J connectivity index is 1.68. The Morgan fingerprint density at radius 1 is 1.47 bits per heavy atom. The summed E-state index contributed by atoms with van der Waals surface area (Å²) in [6, 6.07) is 7.23. The fourth-order valence-corrected chi connectivity index (χ4v) is 2.35. The standard InChI is InChI=1S/C15H20ClNO2/c1-17(11-12-4-2-5-12)15(18)8-9-19-14-7-3-6-13(16)10-14/h3,6-7,10,12H,2,4-5,8-9,11H2,1H3. The van der Waals surface area contributed by atoms with Gasteiger partial charge in [-0.2, -0.15) is 0 Å². The van der Waals surface area contributed by atoms with Gasteiger partial charge in [0.1, 0.15) is 5.75 Å². The zero-order valence-corrected chi connectivity index (χ0v) is 12.0. The molecule has 1 fully saturated rings. The lowest BCUT2D eigenvalue weighted by atomic mass is 9.85. The molecule has 0 saturated heterocycles. The number of halogens is 1. The van der Waals surface area contributed by atoms with Gasteiger partial charge >= 0.3 is 0 Å². The number of ether oxygens (including phenoxy) is 1. The topological polar surface area (TPSA) is 29.5 Å². The third-order valence-electron chi connectivity index (χ3n) is 3.56. The lowest BCUT2D eigenvalue weighted by Gasteiger charge is -2.30. The van der Waals surface area contributed by atoms with Gasteiger partial charge in [-0.05, 0) is 37.0 Å². The van der Waals surface area contributed by atoms with E-state index in [-0.39, 0.29) is 5.91 Å². The highest BCUT2D eigenvalue weighted by Crippen LogP contribution is 2.26. The first-order valence-electron chi connectivity index (χ1n) is 6.77. The van der Waals surface area contributed by atoms with Crippen molar-refractivity contribution in [2.45, 2.75) is 25.7 Å². The van der Waals surface area contributed by atoms with Gasteiger partial charge in [0.25, 0.3) is 0 Å². The van der Waals surface area contributed by atoms with Crippen LogP contribution >= 0.6 is 11.6 Å². The number of amides is 1. The SMILES string of the molecule is CN(CC1CCC1)C(=O)CCOc1cccc(Cl)c1. The molecule has 0 aliphatic heterocycles. The summed E-state index contributed by atoms with van der Waals surface area (Å²) in [6.07, 6.45) is 4.24. The molecule has 0 radical (unpaired) electrons. The molecule has 0 heterocycles. The van der Waals surface area contributed by atoms with Crippen LogP contribution in [0.5, 0.6) is 5.75 Å². The Kier molecular flexibility index (Phi) is 5.08. The number of hydrogen-bond donors (Lipinski definition) is 0. The summed E-state index contributed by atoms with van der Waals surface area (Å²) in [5.41, 5.74) is 0. The molecule has 1 aliphatic rings. The third-order valence-corrected chi connectivity index (χ3v) is 3.80. The zero-order valence-electron chi connectivity index (χ0n) is 11.3.